The van der Waals surface area contributed by atoms with E-state index in [1.54, 1.807) is 4.68 Å². The molecular formula is C18H22FN3O3. The lowest BCUT2D eigenvalue weighted by Crippen LogP contribution is -2.18. The summed E-state index contributed by atoms with van der Waals surface area (Å²) in [6.07, 6.45) is -0.209. The summed E-state index contributed by atoms with van der Waals surface area (Å²) in [6, 6.07) is 5.56. The Bertz CT molecular complexity index is 769. The standard InChI is InChI=1S/C18H22FN3O3/c1-4-22-12(3)18(11(2)21-22)20-16(23)9-14(10-17(24)25)13-5-7-15(19)8-6-13/h5-8,14H,4,9-10H2,1-3H3,(H,20,23)(H,24,25)/t14-/m0/s1. The Hall–Kier alpha value is -2.70. The zero-order valence-electron chi connectivity index (χ0n) is 14.5. The molecule has 0 saturated heterocycles. The van der Waals surface area contributed by atoms with Gasteiger partial charge < -0.3 is 10.4 Å². The van der Waals surface area contributed by atoms with Crippen LogP contribution >= 0.6 is 0 Å². The minimum Gasteiger partial charge on any atom is -0.481 e. The molecule has 0 fully saturated rings. The van der Waals surface area contributed by atoms with Crippen LogP contribution in [0, 0.1) is 19.7 Å². The van der Waals surface area contributed by atoms with Crippen molar-refractivity contribution in [2.75, 3.05) is 5.32 Å². The first-order chi connectivity index (χ1) is 11.8. The van der Waals surface area contributed by atoms with Crippen molar-refractivity contribution in [3.05, 3.63) is 47.0 Å². The molecule has 1 atom stereocenters. The van der Waals surface area contributed by atoms with Crippen LogP contribution in [-0.4, -0.2) is 26.8 Å². The molecule has 0 unspecified atom stereocenters. The molecule has 1 aromatic heterocycles. The summed E-state index contributed by atoms with van der Waals surface area (Å²) in [5.74, 6) is -2.23. The van der Waals surface area contributed by atoms with Crippen molar-refractivity contribution >= 4 is 17.6 Å². The van der Waals surface area contributed by atoms with Gasteiger partial charge in [0.1, 0.15) is 5.82 Å². The van der Waals surface area contributed by atoms with E-state index >= 15 is 0 Å². The van der Waals surface area contributed by atoms with E-state index in [2.05, 4.69) is 10.4 Å². The van der Waals surface area contributed by atoms with Crippen LogP contribution in [0.5, 0.6) is 0 Å². The molecule has 2 aromatic rings. The van der Waals surface area contributed by atoms with E-state index in [4.69, 9.17) is 5.11 Å². The molecule has 7 heteroatoms. The number of hydrogen-bond donors (Lipinski definition) is 2. The Labute approximate surface area is 145 Å². The number of anilines is 1. The highest BCUT2D eigenvalue weighted by atomic mass is 19.1. The molecular weight excluding hydrogens is 325 g/mol. The molecule has 25 heavy (non-hydrogen) atoms. The third kappa shape index (κ3) is 4.65. The first-order valence-corrected chi connectivity index (χ1v) is 8.13. The molecule has 2 N–H and O–H groups in total. The summed E-state index contributed by atoms with van der Waals surface area (Å²) in [6.45, 7) is 6.33. The number of nitrogens with zero attached hydrogens (tertiary/aromatic N) is 2. The number of carbonyl (C=O) groups is 2. The maximum atomic E-state index is 13.1. The van der Waals surface area contributed by atoms with Gasteiger partial charge in [-0.15, -0.1) is 0 Å². The zero-order valence-corrected chi connectivity index (χ0v) is 14.5. The lowest BCUT2D eigenvalue weighted by atomic mass is 9.92. The third-order valence-corrected chi connectivity index (χ3v) is 4.14. The smallest absolute Gasteiger partial charge is 0.303 e. The van der Waals surface area contributed by atoms with Crippen LogP contribution < -0.4 is 5.32 Å². The molecule has 0 aliphatic rings. The number of halogens is 1. The lowest BCUT2D eigenvalue weighted by Gasteiger charge is -2.15. The lowest BCUT2D eigenvalue weighted by molar-refractivity contribution is -0.137. The number of carbonyl (C=O) groups excluding carboxylic acids is 1. The summed E-state index contributed by atoms with van der Waals surface area (Å²) >= 11 is 0. The fourth-order valence-electron chi connectivity index (χ4n) is 2.85. The maximum Gasteiger partial charge on any atom is 0.303 e. The van der Waals surface area contributed by atoms with Gasteiger partial charge in [0.05, 0.1) is 23.5 Å². The van der Waals surface area contributed by atoms with Gasteiger partial charge in [-0.2, -0.15) is 5.10 Å². The molecule has 134 valence electrons. The van der Waals surface area contributed by atoms with E-state index in [0.717, 1.165) is 5.69 Å². The Balaban J connectivity index is 2.15. The van der Waals surface area contributed by atoms with Crippen LogP contribution in [0.15, 0.2) is 24.3 Å². The topological polar surface area (TPSA) is 84.2 Å². The van der Waals surface area contributed by atoms with E-state index in [1.807, 2.05) is 20.8 Å². The highest BCUT2D eigenvalue weighted by Crippen LogP contribution is 2.26. The normalized spacial score (nSPS) is 12.0. The number of carboxylic acids is 1. The van der Waals surface area contributed by atoms with Crippen LogP contribution in [0.3, 0.4) is 0 Å². The average molecular weight is 347 g/mol. The number of rotatable bonds is 7. The summed E-state index contributed by atoms with van der Waals surface area (Å²) in [7, 11) is 0. The van der Waals surface area contributed by atoms with Gasteiger partial charge in [-0.05, 0) is 38.5 Å². The molecule has 2 rings (SSSR count). The monoisotopic (exact) mass is 347 g/mol. The first kappa shape index (κ1) is 18.6. The van der Waals surface area contributed by atoms with Crippen LogP contribution in [0.1, 0.15) is 42.6 Å². The zero-order chi connectivity index (χ0) is 18.6. The van der Waals surface area contributed by atoms with E-state index in [-0.39, 0.29) is 18.7 Å². The Morgan fingerprint density at radius 3 is 2.40 bits per heavy atom. The molecule has 0 radical (unpaired) electrons. The minimum atomic E-state index is -1.01. The number of benzene rings is 1. The van der Waals surface area contributed by atoms with Gasteiger partial charge in [0.15, 0.2) is 0 Å². The fraction of sp³-hybridized carbons (Fsp3) is 0.389. The number of nitrogens with one attached hydrogen (secondary N) is 1. The molecule has 1 aromatic carbocycles. The van der Waals surface area contributed by atoms with Crippen molar-refractivity contribution in [1.82, 2.24) is 9.78 Å². The van der Waals surface area contributed by atoms with Crippen molar-refractivity contribution in [3.8, 4) is 0 Å². The second-order valence-electron chi connectivity index (χ2n) is 5.96. The fourth-order valence-corrected chi connectivity index (χ4v) is 2.85. The SMILES string of the molecule is CCn1nc(C)c(NC(=O)C[C@@H](CC(=O)O)c2ccc(F)cc2)c1C. The van der Waals surface area contributed by atoms with Gasteiger partial charge in [0.25, 0.3) is 0 Å². The predicted octanol–water partition coefficient (Wildman–Crippen LogP) is 3.25. The Kier molecular flexibility index (Phi) is 5.90. The number of carboxylic acid groups (broad SMARTS) is 1. The molecule has 0 aliphatic carbocycles. The second-order valence-corrected chi connectivity index (χ2v) is 5.96. The largest absolute Gasteiger partial charge is 0.481 e. The van der Waals surface area contributed by atoms with Crippen molar-refractivity contribution in [1.29, 1.82) is 0 Å². The second kappa shape index (κ2) is 7.92. The van der Waals surface area contributed by atoms with Gasteiger partial charge in [0, 0.05) is 18.9 Å². The molecule has 1 amide bonds. The predicted molar refractivity (Wildman–Crippen MR) is 92.0 cm³/mol. The van der Waals surface area contributed by atoms with Crippen molar-refractivity contribution in [3.63, 3.8) is 0 Å². The number of aromatic nitrogens is 2. The minimum absolute atomic E-state index is 0.00584. The molecule has 0 spiro atoms. The summed E-state index contributed by atoms with van der Waals surface area (Å²) in [4.78, 5) is 23.6. The van der Waals surface area contributed by atoms with Crippen molar-refractivity contribution < 1.29 is 19.1 Å². The summed E-state index contributed by atoms with van der Waals surface area (Å²) < 4.78 is 14.9. The van der Waals surface area contributed by atoms with E-state index in [9.17, 15) is 14.0 Å². The van der Waals surface area contributed by atoms with Gasteiger partial charge in [-0.3, -0.25) is 14.3 Å². The van der Waals surface area contributed by atoms with Crippen molar-refractivity contribution in [2.45, 2.75) is 46.1 Å². The maximum absolute atomic E-state index is 13.1. The third-order valence-electron chi connectivity index (χ3n) is 4.14. The average Bonchev–Trinajstić information content (AvgIpc) is 2.82. The molecule has 0 saturated carbocycles. The number of aliphatic carboxylic acids is 1. The number of amides is 1. The summed E-state index contributed by atoms with van der Waals surface area (Å²) in [5.41, 5.74) is 2.84. The first-order valence-electron chi connectivity index (χ1n) is 8.13. The van der Waals surface area contributed by atoms with E-state index < -0.39 is 17.7 Å². The van der Waals surface area contributed by atoms with Crippen molar-refractivity contribution in [2.24, 2.45) is 0 Å². The quantitative estimate of drug-likeness (QED) is 0.805. The highest BCUT2D eigenvalue weighted by Gasteiger charge is 2.21. The Morgan fingerprint density at radius 1 is 1.24 bits per heavy atom. The van der Waals surface area contributed by atoms with Crippen LogP contribution in [-0.2, 0) is 16.1 Å². The summed E-state index contributed by atoms with van der Waals surface area (Å²) in [5, 5.41) is 16.3. The van der Waals surface area contributed by atoms with Gasteiger partial charge in [-0.25, -0.2) is 4.39 Å². The van der Waals surface area contributed by atoms with Crippen LogP contribution in [0.25, 0.3) is 0 Å². The van der Waals surface area contributed by atoms with Crippen LogP contribution in [0.2, 0.25) is 0 Å². The molecule has 0 bridgehead atoms. The Morgan fingerprint density at radius 2 is 1.88 bits per heavy atom. The van der Waals surface area contributed by atoms with Crippen LogP contribution in [0.4, 0.5) is 10.1 Å². The van der Waals surface area contributed by atoms with Gasteiger partial charge in [-0.1, -0.05) is 12.1 Å². The number of aryl methyl sites for hydroxylation is 2. The highest BCUT2D eigenvalue weighted by molar-refractivity contribution is 5.92. The molecule has 1 heterocycles. The molecule has 0 aliphatic heterocycles. The van der Waals surface area contributed by atoms with Gasteiger partial charge >= 0.3 is 5.97 Å². The van der Waals surface area contributed by atoms with Gasteiger partial charge in [0.2, 0.25) is 5.91 Å². The number of hydrogen-bond acceptors (Lipinski definition) is 3. The molecule has 6 nitrogen and oxygen atoms in total. The van der Waals surface area contributed by atoms with E-state index in [1.165, 1.54) is 24.3 Å². The van der Waals surface area contributed by atoms with E-state index in [0.29, 0.717) is 23.5 Å².